The highest BCUT2D eigenvalue weighted by atomic mass is 16.5. The summed E-state index contributed by atoms with van der Waals surface area (Å²) in [5.74, 6) is -0.483. The Morgan fingerprint density at radius 1 is 1.59 bits per heavy atom. The molecule has 0 fully saturated rings. The van der Waals surface area contributed by atoms with Crippen LogP contribution in [-0.4, -0.2) is 33.2 Å². The molecule has 88 valence electrons. The average Bonchev–Trinajstić information content (AvgIpc) is 2.37. The van der Waals surface area contributed by atoms with Crippen LogP contribution in [0.2, 0.25) is 0 Å². The first-order valence-corrected chi connectivity index (χ1v) is 5.29. The van der Waals surface area contributed by atoms with Crippen LogP contribution >= 0.6 is 0 Å². The van der Waals surface area contributed by atoms with Gasteiger partial charge in [-0.3, -0.25) is 0 Å². The highest BCUT2D eigenvalue weighted by Gasteiger charge is 2.20. The van der Waals surface area contributed by atoms with Gasteiger partial charge in [0.25, 0.3) is 0 Å². The third-order valence-electron chi connectivity index (χ3n) is 2.84. The topological polar surface area (TPSA) is 65.4 Å². The third-order valence-corrected chi connectivity index (χ3v) is 2.84. The number of rotatable bonds is 1. The maximum Gasteiger partial charge on any atom is 0.339 e. The number of hydrogen-bond acceptors (Lipinski definition) is 5. The predicted octanol–water partition coefficient (Wildman–Crippen LogP) is 1.21. The van der Waals surface area contributed by atoms with Crippen LogP contribution in [0.25, 0.3) is 0 Å². The number of anilines is 2. The number of ether oxygens (including phenoxy) is 1. The molecule has 0 amide bonds. The number of esters is 1. The summed E-state index contributed by atoms with van der Waals surface area (Å²) in [6.45, 7) is 1.69. The van der Waals surface area contributed by atoms with E-state index in [2.05, 4.69) is 10.1 Å². The SMILES string of the molecule is COC(=O)c1cc2c(cc1C#N)NCCN2C. The van der Waals surface area contributed by atoms with Crippen LogP contribution in [0.15, 0.2) is 12.1 Å². The summed E-state index contributed by atoms with van der Waals surface area (Å²) in [5, 5.41) is 12.2. The number of fused-ring (bicyclic) bond motifs is 1. The van der Waals surface area contributed by atoms with Crippen LogP contribution in [0.1, 0.15) is 15.9 Å². The van der Waals surface area contributed by atoms with Gasteiger partial charge in [-0.1, -0.05) is 0 Å². The lowest BCUT2D eigenvalue weighted by molar-refractivity contribution is 0.0600. The molecule has 5 nitrogen and oxygen atoms in total. The van der Waals surface area contributed by atoms with Crippen molar-refractivity contribution >= 4 is 17.3 Å². The molecule has 0 spiro atoms. The number of methoxy groups -OCH3 is 1. The van der Waals surface area contributed by atoms with E-state index in [4.69, 9.17) is 5.26 Å². The van der Waals surface area contributed by atoms with E-state index in [1.807, 2.05) is 18.0 Å². The minimum absolute atomic E-state index is 0.310. The van der Waals surface area contributed by atoms with Gasteiger partial charge in [0.15, 0.2) is 0 Å². The first-order valence-electron chi connectivity index (χ1n) is 5.29. The Morgan fingerprint density at radius 2 is 2.35 bits per heavy atom. The normalized spacial score (nSPS) is 13.4. The number of nitrogens with zero attached hydrogens (tertiary/aromatic N) is 2. The molecular weight excluding hydrogens is 218 g/mol. The summed E-state index contributed by atoms with van der Waals surface area (Å²) < 4.78 is 4.68. The molecule has 1 aliphatic heterocycles. The molecule has 1 aromatic rings. The fraction of sp³-hybridized carbons (Fsp3) is 0.333. The van der Waals surface area contributed by atoms with Crippen LogP contribution in [0.5, 0.6) is 0 Å². The molecule has 1 aliphatic rings. The fourth-order valence-electron chi connectivity index (χ4n) is 1.90. The molecule has 0 aromatic heterocycles. The van der Waals surface area contributed by atoms with Gasteiger partial charge in [-0.05, 0) is 12.1 Å². The molecule has 17 heavy (non-hydrogen) atoms. The van der Waals surface area contributed by atoms with Crippen LogP contribution in [-0.2, 0) is 4.74 Å². The molecular formula is C12H13N3O2. The number of hydrogen-bond donors (Lipinski definition) is 1. The maximum atomic E-state index is 11.6. The first-order chi connectivity index (χ1) is 8.17. The Bertz CT molecular complexity index is 505. The summed E-state index contributed by atoms with van der Waals surface area (Å²) in [6, 6.07) is 5.41. The van der Waals surface area contributed by atoms with Crippen molar-refractivity contribution in [2.24, 2.45) is 0 Å². The summed E-state index contributed by atoms with van der Waals surface area (Å²) >= 11 is 0. The van der Waals surface area contributed by atoms with Crippen molar-refractivity contribution in [2.75, 3.05) is 37.5 Å². The van der Waals surface area contributed by atoms with Crippen molar-refractivity contribution in [3.63, 3.8) is 0 Å². The van der Waals surface area contributed by atoms with Crippen molar-refractivity contribution < 1.29 is 9.53 Å². The number of nitrogens with one attached hydrogen (secondary N) is 1. The summed E-state index contributed by atoms with van der Waals surface area (Å²) in [4.78, 5) is 13.6. The molecule has 1 aromatic carbocycles. The molecule has 2 rings (SSSR count). The molecule has 0 unspecified atom stereocenters. The standard InChI is InChI=1S/C12H13N3O2/c1-15-4-3-14-10-5-8(7-13)9(6-11(10)15)12(16)17-2/h5-6,14H,3-4H2,1-2H3. The second kappa shape index (κ2) is 4.34. The minimum atomic E-state index is -0.483. The monoisotopic (exact) mass is 231 g/mol. The smallest absolute Gasteiger partial charge is 0.339 e. The van der Waals surface area contributed by atoms with Gasteiger partial charge in [0.2, 0.25) is 0 Å². The van der Waals surface area contributed by atoms with E-state index < -0.39 is 5.97 Å². The molecule has 0 radical (unpaired) electrons. The second-order valence-corrected chi connectivity index (χ2v) is 3.87. The zero-order valence-corrected chi connectivity index (χ0v) is 9.78. The van der Waals surface area contributed by atoms with Gasteiger partial charge in [-0.15, -0.1) is 0 Å². The van der Waals surface area contributed by atoms with Crippen LogP contribution in [0, 0.1) is 11.3 Å². The van der Waals surface area contributed by atoms with Gasteiger partial charge in [-0.25, -0.2) is 4.79 Å². The van der Waals surface area contributed by atoms with E-state index in [1.165, 1.54) is 7.11 Å². The van der Waals surface area contributed by atoms with Gasteiger partial charge in [-0.2, -0.15) is 5.26 Å². The van der Waals surface area contributed by atoms with Crippen LogP contribution < -0.4 is 10.2 Å². The first kappa shape index (κ1) is 11.3. The summed E-state index contributed by atoms with van der Waals surface area (Å²) in [5.41, 5.74) is 2.43. The third kappa shape index (κ3) is 1.89. The lowest BCUT2D eigenvalue weighted by Gasteiger charge is -2.29. The number of benzene rings is 1. The highest BCUT2D eigenvalue weighted by Crippen LogP contribution is 2.31. The zero-order valence-electron chi connectivity index (χ0n) is 9.78. The average molecular weight is 231 g/mol. The van der Waals surface area contributed by atoms with Gasteiger partial charge in [0.05, 0.1) is 29.6 Å². The van der Waals surface area contributed by atoms with Crippen molar-refractivity contribution in [1.29, 1.82) is 5.26 Å². The van der Waals surface area contributed by atoms with E-state index in [1.54, 1.807) is 12.1 Å². The molecule has 0 saturated heterocycles. The van der Waals surface area contributed by atoms with Crippen molar-refractivity contribution in [3.05, 3.63) is 23.3 Å². The number of carbonyl (C=O) groups excluding carboxylic acids is 1. The Balaban J connectivity index is 2.57. The molecule has 0 saturated carbocycles. The number of nitriles is 1. The predicted molar refractivity (Wildman–Crippen MR) is 64.3 cm³/mol. The molecule has 5 heteroatoms. The fourth-order valence-corrected chi connectivity index (χ4v) is 1.90. The van der Waals surface area contributed by atoms with Crippen molar-refractivity contribution in [3.8, 4) is 6.07 Å². The van der Waals surface area contributed by atoms with Gasteiger partial charge in [0, 0.05) is 20.1 Å². The summed E-state index contributed by atoms with van der Waals surface area (Å²) in [6.07, 6.45) is 0. The quantitative estimate of drug-likeness (QED) is 0.736. The molecule has 1 N–H and O–H groups in total. The zero-order chi connectivity index (χ0) is 12.4. The van der Waals surface area contributed by atoms with Gasteiger partial charge >= 0.3 is 5.97 Å². The highest BCUT2D eigenvalue weighted by molar-refractivity contribution is 5.95. The Kier molecular flexibility index (Phi) is 2.88. The van der Waals surface area contributed by atoms with Crippen molar-refractivity contribution in [2.45, 2.75) is 0 Å². The van der Waals surface area contributed by atoms with E-state index >= 15 is 0 Å². The van der Waals surface area contributed by atoms with Gasteiger partial charge < -0.3 is 15.0 Å². The number of carbonyl (C=O) groups is 1. The lowest BCUT2D eigenvalue weighted by atomic mass is 10.0. The molecule has 1 heterocycles. The Hall–Kier alpha value is -2.22. The minimum Gasteiger partial charge on any atom is -0.465 e. The second-order valence-electron chi connectivity index (χ2n) is 3.87. The Morgan fingerprint density at radius 3 is 3.00 bits per heavy atom. The Labute approximate surface area is 99.6 Å². The molecule has 0 aliphatic carbocycles. The van der Waals surface area contributed by atoms with Gasteiger partial charge in [0.1, 0.15) is 6.07 Å². The van der Waals surface area contributed by atoms with Crippen LogP contribution in [0.3, 0.4) is 0 Å². The van der Waals surface area contributed by atoms with Crippen molar-refractivity contribution in [1.82, 2.24) is 0 Å². The van der Waals surface area contributed by atoms with E-state index in [0.29, 0.717) is 11.1 Å². The van der Waals surface area contributed by atoms with E-state index in [9.17, 15) is 4.79 Å². The lowest BCUT2D eigenvalue weighted by Crippen LogP contribution is -2.30. The summed E-state index contributed by atoms with van der Waals surface area (Å²) in [7, 11) is 3.26. The largest absolute Gasteiger partial charge is 0.465 e. The van der Waals surface area contributed by atoms with E-state index in [0.717, 1.165) is 24.5 Å². The van der Waals surface area contributed by atoms with Crippen LogP contribution in [0.4, 0.5) is 11.4 Å². The molecule has 0 atom stereocenters. The maximum absolute atomic E-state index is 11.6. The molecule has 0 bridgehead atoms. The number of likely N-dealkylation sites (N-methyl/N-ethyl adjacent to an activating group) is 1. The van der Waals surface area contributed by atoms with E-state index in [-0.39, 0.29) is 0 Å².